The van der Waals surface area contributed by atoms with Gasteiger partial charge in [0.1, 0.15) is 10.6 Å². The summed E-state index contributed by atoms with van der Waals surface area (Å²) in [6.45, 7) is 5.03. The third kappa shape index (κ3) is 3.49. The quantitative estimate of drug-likeness (QED) is 0.642. The van der Waals surface area contributed by atoms with Gasteiger partial charge in [-0.2, -0.15) is 8.42 Å². The maximum absolute atomic E-state index is 12.2. The van der Waals surface area contributed by atoms with E-state index >= 15 is 0 Å². The molecule has 0 aliphatic heterocycles. The molecule has 2 rings (SSSR count). The highest BCUT2D eigenvalue weighted by Gasteiger charge is 2.17. The summed E-state index contributed by atoms with van der Waals surface area (Å²) < 4.78 is 29.5. The summed E-state index contributed by atoms with van der Waals surface area (Å²) in [7, 11) is -3.87. The normalized spacial score (nSPS) is 11.2. The van der Waals surface area contributed by atoms with E-state index in [9.17, 15) is 13.2 Å². The predicted octanol–water partition coefficient (Wildman–Crippen LogP) is 3.27. The summed E-state index contributed by atoms with van der Waals surface area (Å²) in [6.07, 6.45) is 0. The summed E-state index contributed by atoms with van der Waals surface area (Å²) in [5, 5.41) is 0. The van der Waals surface area contributed by atoms with Gasteiger partial charge in [-0.05, 0) is 56.7 Å². The van der Waals surface area contributed by atoms with E-state index in [0.717, 1.165) is 5.56 Å². The van der Waals surface area contributed by atoms with E-state index in [1.807, 2.05) is 6.92 Å². The van der Waals surface area contributed by atoms with Crippen LogP contribution >= 0.6 is 0 Å². The number of hydrogen-bond donors (Lipinski definition) is 0. The highest BCUT2D eigenvalue weighted by molar-refractivity contribution is 7.87. The van der Waals surface area contributed by atoms with Crippen molar-refractivity contribution in [2.45, 2.75) is 25.7 Å². The molecular weight excluding hydrogens is 288 g/mol. The first-order valence-corrected chi connectivity index (χ1v) is 7.83. The number of ketones is 1. The molecule has 0 saturated carbocycles. The van der Waals surface area contributed by atoms with Crippen LogP contribution in [0.5, 0.6) is 5.75 Å². The smallest absolute Gasteiger partial charge is 0.339 e. The molecule has 0 aromatic heterocycles. The highest BCUT2D eigenvalue weighted by atomic mass is 32.2. The van der Waals surface area contributed by atoms with Gasteiger partial charge >= 0.3 is 10.1 Å². The maximum Gasteiger partial charge on any atom is 0.339 e. The van der Waals surface area contributed by atoms with Crippen molar-refractivity contribution < 1.29 is 17.4 Å². The first kappa shape index (κ1) is 15.3. The standard InChI is InChI=1S/C16H16O4S/c1-11-4-7-15(8-5-11)21(18,19)20-16-9-6-14(13(3)17)10-12(16)2/h4-10H,1-3H3. The van der Waals surface area contributed by atoms with Crippen LogP contribution in [-0.2, 0) is 10.1 Å². The molecule has 0 heterocycles. The van der Waals surface area contributed by atoms with Crippen LogP contribution in [0.3, 0.4) is 0 Å². The molecule has 2 aromatic rings. The van der Waals surface area contributed by atoms with Crippen LogP contribution in [0.4, 0.5) is 0 Å². The largest absolute Gasteiger partial charge is 0.379 e. The summed E-state index contributed by atoms with van der Waals surface area (Å²) >= 11 is 0. The molecule has 0 bridgehead atoms. The minimum atomic E-state index is -3.87. The maximum atomic E-state index is 12.2. The average molecular weight is 304 g/mol. The van der Waals surface area contributed by atoms with Gasteiger partial charge in [-0.3, -0.25) is 4.79 Å². The van der Waals surface area contributed by atoms with Gasteiger partial charge in [-0.1, -0.05) is 17.7 Å². The molecule has 0 atom stereocenters. The molecule has 4 nitrogen and oxygen atoms in total. The molecule has 0 amide bonds. The van der Waals surface area contributed by atoms with Crippen molar-refractivity contribution in [3.8, 4) is 5.75 Å². The third-order valence-corrected chi connectivity index (χ3v) is 4.34. The van der Waals surface area contributed by atoms with E-state index < -0.39 is 10.1 Å². The molecule has 0 aliphatic rings. The van der Waals surface area contributed by atoms with Crippen LogP contribution in [0.1, 0.15) is 28.4 Å². The molecule has 2 aromatic carbocycles. The summed E-state index contributed by atoms with van der Waals surface area (Å²) in [6, 6.07) is 11.1. The second-order valence-corrected chi connectivity index (χ2v) is 6.43. The Bertz CT molecular complexity index is 774. The Kier molecular flexibility index (Phi) is 4.14. The SMILES string of the molecule is CC(=O)c1ccc(OS(=O)(=O)c2ccc(C)cc2)c(C)c1. The fraction of sp³-hybridized carbons (Fsp3) is 0.188. The van der Waals surface area contributed by atoms with E-state index in [1.165, 1.54) is 25.1 Å². The number of benzene rings is 2. The number of carbonyl (C=O) groups excluding carboxylic acids is 1. The fourth-order valence-electron chi connectivity index (χ4n) is 1.83. The molecule has 5 heteroatoms. The van der Waals surface area contributed by atoms with Crippen LogP contribution < -0.4 is 4.18 Å². The minimum Gasteiger partial charge on any atom is -0.379 e. The number of rotatable bonds is 4. The van der Waals surface area contributed by atoms with Gasteiger partial charge in [0.2, 0.25) is 0 Å². The van der Waals surface area contributed by atoms with Gasteiger partial charge in [0, 0.05) is 5.56 Å². The number of aryl methyl sites for hydroxylation is 2. The molecule has 0 unspecified atom stereocenters. The number of Topliss-reactive ketones (excluding diaryl/α,β-unsaturated/α-hetero) is 1. The topological polar surface area (TPSA) is 60.4 Å². The molecule has 0 radical (unpaired) electrons. The zero-order valence-corrected chi connectivity index (χ0v) is 12.9. The van der Waals surface area contributed by atoms with Crippen LogP contribution in [0.2, 0.25) is 0 Å². The van der Waals surface area contributed by atoms with Crippen molar-refractivity contribution >= 4 is 15.9 Å². The van der Waals surface area contributed by atoms with E-state index in [-0.39, 0.29) is 16.4 Å². The first-order valence-electron chi connectivity index (χ1n) is 6.42. The Morgan fingerprint density at radius 1 is 1.00 bits per heavy atom. The van der Waals surface area contributed by atoms with Crippen LogP contribution in [-0.4, -0.2) is 14.2 Å². The molecule has 0 spiro atoms. The lowest BCUT2D eigenvalue weighted by atomic mass is 10.1. The highest BCUT2D eigenvalue weighted by Crippen LogP contribution is 2.24. The lowest BCUT2D eigenvalue weighted by molar-refractivity contribution is 0.101. The van der Waals surface area contributed by atoms with Crippen LogP contribution in [0.15, 0.2) is 47.4 Å². The van der Waals surface area contributed by atoms with Gasteiger partial charge in [-0.25, -0.2) is 0 Å². The molecule has 0 N–H and O–H groups in total. The monoisotopic (exact) mass is 304 g/mol. The van der Waals surface area contributed by atoms with Crippen molar-refractivity contribution in [2.75, 3.05) is 0 Å². The zero-order chi connectivity index (χ0) is 15.6. The Labute approximate surface area is 124 Å². The number of hydrogen-bond acceptors (Lipinski definition) is 4. The van der Waals surface area contributed by atoms with E-state index in [4.69, 9.17) is 4.18 Å². The Balaban J connectivity index is 2.32. The Morgan fingerprint density at radius 3 is 2.14 bits per heavy atom. The van der Waals surface area contributed by atoms with E-state index in [0.29, 0.717) is 11.1 Å². The summed E-state index contributed by atoms with van der Waals surface area (Å²) in [4.78, 5) is 11.4. The molecule has 21 heavy (non-hydrogen) atoms. The van der Waals surface area contributed by atoms with Gasteiger partial charge in [0.15, 0.2) is 5.78 Å². The molecular formula is C16H16O4S. The van der Waals surface area contributed by atoms with Crippen LogP contribution in [0, 0.1) is 13.8 Å². The van der Waals surface area contributed by atoms with Crippen molar-refractivity contribution in [2.24, 2.45) is 0 Å². The lowest BCUT2D eigenvalue weighted by Gasteiger charge is -2.10. The van der Waals surface area contributed by atoms with Crippen molar-refractivity contribution in [1.29, 1.82) is 0 Å². The number of carbonyl (C=O) groups is 1. The van der Waals surface area contributed by atoms with E-state index in [1.54, 1.807) is 31.2 Å². The third-order valence-electron chi connectivity index (χ3n) is 3.09. The average Bonchev–Trinajstić information content (AvgIpc) is 2.41. The first-order chi connectivity index (χ1) is 9.79. The molecule has 0 aliphatic carbocycles. The van der Waals surface area contributed by atoms with Gasteiger partial charge in [-0.15, -0.1) is 0 Å². The van der Waals surface area contributed by atoms with Crippen molar-refractivity contribution in [3.63, 3.8) is 0 Å². The van der Waals surface area contributed by atoms with Crippen molar-refractivity contribution in [3.05, 3.63) is 59.2 Å². The van der Waals surface area contributed by atoms with Crippen molar-refractivity contribution in [1.82, 2.24) is 0 Å². The molecule has 0 saturated heterocycles. The minimum absolute atomic E-state index is 0.0777. The summed E-state index contributed by atoms with van der Waals surface area (Å²) in [5.41, 5.74) is 2.09. The van der Waals surface area contributed by atoms with Gasteiger partial charge in [0.05, 0.1) is 0 Å². The predicted molar refractivity (Wildman–Crippen MR) is 80.2 cm³/mol. The Hall–Kier alpha value is -2.14. The zero-order valence-electron chi connectivity index (χ0n) is 12.1. The summed E-state index contributed by atoms with van der Waals surface area (Å²) in [5.74, 6) is 0.145. The van der Waals surface area contributed by atoms with E-state index in [2.05, 4.69) is 0 Å². The van der Waals surface area contributed by atoms with Gasteiger partial charge < -0.3 is 4.18 Å². The molecule has 0 fully saturated rings. The van der Waals surface area contributed by atoms with Crippen LogP contribution in [0.25, 0.3) is 0 Å². The molecule has 110 valence electrons. The second-order valence-electron chi connectivity index (χ2n) is 4.89. The fourth-order valence-corrected chi connectivity index (χ4v) is 2.82. The second kappa shape index (κ2) is 5.69. The lowest BCUT2D eigenvalue weighted by Crippen LogP contribution is -2.10. The van der Waals surface area contributed by atoms with Gasteiger partial charge in [0.25, 0.3) is 0 Å². The Morgan fingerprint density at radius 2 is 1.62 bits per heavy atom.